The summed E-state index contributed by atoms with van der Waals surface area (Å²) in [5.74, 6) is -1.25. The number of nitrogens with one attached hydrogen (secondary N) is 1. The predicted molar refractivity (Wildman–Crippen MR) is 133 cm³/mol. The van der Waals surface area contributed by atoms with Crippen LogP contribution >= 0.6 is 0 Å². The Morgan fingerprint density at radius 2 is 1.31 bits per heavy atom. The van der Waals surface area contributed by atoms with Gasteiger partial charge < -0.3 is 4.74 Å². The number of carbonyl (C=O) groups is 2. The number of methoxy groups -OCH3 is 1. The van der Waals surface area contributed by atoms with E-state index in [1.54, 1.807) is 54.0 Å². The molecule has 7 heteroatoms. The first-order valence-corrected chi connectivity index (χ1v) is 12.0. The van der Waals surface area contributed by atoms with Crippen LogP contribution in [0.4, 0.5) is 8.78 Å². The molecule has 3 rings (SSSR count). The zero-order valence-corrected chi connectivity index (χ0v) is 20.3. The molecule has 0 aliphatic heterocycles. The normalized spacial score (nSPS) is 11.3. The van der Waals surface area contributed by atoms with Gasteiger partial charge in [-0.25, -0.2) is 14.3 Å². The highest BCUT2D eigenvalue weighted by atomic mass is 19.1. The van der Waals surface area contributed by atoms with E-state index < -0.39 is 17.2 Å². The van der Waals surface area contributed by atoms with Crippen molar-refractivity contribution in [3.63, 3.8) is 0 Å². The summed E-state index contributed by atoms with van der Waals surface area (Å²) in [5.41, 5.74) is 2.56. The molecule has 3 aromatic rings. The van der Waals surface area contributed by atoms with Gasteiger partial charge in [-0.2, -0.15) is 0 Å². The minimum atomic E-state index is -1.27. The second-order valence-corrected chi connectivity index (χ2v) is 8.71. The van der Waals surface area contributed by atoms with E-state index >= 15 is 0 Å². The Balaban J connectivity index is 1.73. The minimum Gasteiger partial charge on any atom is -0.364 e. The summed E-state index contributed by atoms with van der Waals surface area (Å²) in [6, 6.07) is 19.0. The van der Waals surface area contributed by atoms with Gasteiger partial charge in [0.1, 0.15) is 17.2 Å². The maximum atomic E-state index is 14.2. The molecule has 36 heavy (non-hydrogen) atoms. The average Bonchev–Trinajstić information content (AvgIpc) is 2.89. The number of rotatable bonds is 13. The molecule has 0 radical (unpaired) electrons. The fourth-order valence-electron chi connectivity index (χ4n) is 4.46. The Bertz CT molecular complexity index is 1120. The Morgan fingerprint density at radius 3 is 1.81 bits per heavy atom. The summed E-state index contributed by atoms with van der Waals surface area (Å²) in [5, 5.41) is 8.48. The third-order valence-electron chi connectivity index (χ3n) is 6.31. The molecule has 3 aromatic carbocycles. The number of hydroxylamine groups is 1. The lowest BCUT2D eigenvalue weighted by atomic mass is 9.79. The van der Waals surface area contributed by atoms with Gasteiger partial charge >= 0.3 is 0 Å². The van der Waals surface area contributed by atoms with Crippen LogP contribution in [0.3, 0.4) is 0 Å². The molecule has 190 valence electrons. The van der Waals surface area contributed by atoms with Gasteiger partial charge in [0.15, 0.2) is 5.78 Å². The number of benzene rings is 3. The number of hydrogen-bond donors (Lipinski definition) is 2. The summed E-state index contributed by atoms with van der Waals surface area (Å²) < 4.78 is 34.3. The third-order valence-corrected chi connectivity index (χ3v) is 6.31. The maximum Gasteiger partial charge on any atom is 0.243 e. The molecule has 0 unspecified atom stereocenters. The van der Waals surface area contributed by atoms with Crippen molar-refractivity contribution in [1.29, 1.82) is 0 Å². The molecular formula is C29H31F2NO4. The van der Waals surface area contributed by atoms with Gasteiger partial charge in [-0.05, 0) is 53.8 Å². The van der Waals surface area contributed by atoms with Crippen molar-refractivity contribution in [2.24, 2.45) is 0 Å². The van der Waals surface area contributed by atoms with Crippen LogP contribution in [-0.2, 0) is 15.1 Å². The van der Waals surface area contributed by atoms with Crippen molar-refractivity contribution in [1.82, 2.24) is 5.48 Å². The van der Waals surface area contributed by atoms with Gasteiger partial charge in [0.25, 0.3) is 0 Å². The van der Waals surface area contributed by atoms with Gasteiger partial charge in [0.05, 0.1) is 0 Å². The van der Waals surface area contributed by atoms with Crippen LogP contribution in [0.5, 0.6) is 0 Å². The second kappa shape index (κ2) is 13.0. The number of Topliss-reactive ketones (excluding diaryl/α,β-unsaturated/α-hetero) is 1. The molecule has 0 bridgehead atoms. The summed E-state index contributed by atoms with van der Waals surface area (Å²) in [4.78, 5) is 23.7. The van der Waals surface area contributed by atoms with Crippen molar-refractivity contribution in [3.05, 3.63) is 107 Å². The minimum absolute atomic E-state index is 0.0146. The molecule has 5 nitrogen and oxygen atoms in total. The lowest BCUT2D eigenvalue weighted by molar-refractivity contribution is -0.129. The van der Waals surface area contributed by atoms with Crippen molar-refractivity contribution in [2.75, 3.05) is 7.11 Å². The van der Waals surface area contributed by atoms with Crippen molar-refractivity contribution < 1.29 is 28.3 Å². The molecule has 0 atom stereocenters. The Morgan fingerprint density at radius 1 is 0.778 bits per heavy atom. The zero-order valence-electron chi connectivity index (χ0n) is 20.3. The number of ether oxygens (including phenoxy) is 1. The highest BCUT2D eigenvalue weighted by Gasteiger charge is 2.37. The Kier molecular flexibility index (Phi) is 9.85. The largest absolute Gasteiger partial charge is 0.364 e. The lowest BCUT2D eigenvalue weighted by Crippen LogP contribution is -2.32. The van der Waals surface area contributed by atoms with Crippen molar-refractivity contribution in [3.8, 4) is 0 Å². The van der Waals surface area contributed by atoms with Crippen molar-refractivity contribution >= 4 is 11.7 Å². The average molecular weight is 496 g/mol. The predicted octanol–water partition coefficient (Wildman–Crippen LogP) is 6.32. The van der Waals surface area contributed by atoms with Crippen LogP contribution in [0.1, 0.15) is 72.0 Å². The first-order chi connectivity index (χ1) is 17.4. The van der Waals surface area contributed by atoms with Crippen LogP contribution in [0.25, 0.3) is 0 Å². The molecular weight excluding hydrogens is 464 g/mol. The van der Waals surface area contributed by atoms with Crippen LogP contribution < -0.4 is 5.48 Å². The maximum absolute atomic E-state index is 14.2. The van der Waals surface area contributed by atoms with E-state index in [4.69, 9.17) is 9.94 Å². The van der Waals surface area contributed by atoms with E-state index in [1.807, 2.05) is 0 Å². The number of hydrogen-bond acceptors (Lipinski definition) is 4. The van der Waals surface area contributed by atoms with Crippen LogP contribution in [0.2, 0.25) is 0 Å². The Labute approximate surface area is 210 Å². The molecule has 0 spiro atoms. The number of ketones is 1. The van der Waals surface area contributed by atoms with E-state index in [-0.39, 0.29) is 18.1 Å². The fourth-order valence-corrected chi connectivity index (χ4v) is 4.46. The second-order valence-electron chi connectivity index (χ2n) is 8.71. The zero-order chi connectivity index (χ0) is 26.0. The quantitative estimate of drug-likeness (QED) is 0.0956. The summed E-state index contributed by atoms with van der Waals surface area (Å²) in [6.07, 6.45) is 4.76. The third kappa shape index (κ3) is 6.62. The Hall–Kier alpha value is -3.42. The summed E-state index contributed by atoms with van der Waals surface area (Å²) in [7, 11) is 1.49. The molecule has 2 N–H and O–H groups in total. The van der Waals surface area contributed by atoms with Gasteiger partial charge in [-0.3, -0.25) is 14.8 Å². The molecule has 1 amide bonds. The van der Waals surface area contributed by atoms with E-state index in [0.717, 1.165) is 25.7 Å². The number of carbonyl (C=O) groups excluding carboxylic acids is 2. The number of unbranched alkanes of at least 4 members (excludes halogenated alkanes) is 4. The molecule has 0 saturated heterocycles. The van der Waals surface area contributed by atoms with Gasteiger partial charge in [-0.15, -0.1) is 0 Å². The van der Waals surface area contributed by atoms with Crippen molar-refractivity contribution in [2.45, 2.75) is 50.5 Å². The highest BCUT2D eigenvalue weighted by molar-refractivity contribution is 5.96. The number of halogens is 2. The van der Waals surface area contributed by atoms with Gasteiger partial charge in [0.2, 0.25) is 5.91 Å². The summed E-state index contributed by atoms with van der Waals surface area (Å²) >= 11 is 0. The molecule has 0 fully saturated rings. The van der Waals surface area contributed by atoms with Crippen LogP contribution in [0, 0.1) is 11.6 Å². The van der Waals surface area contributed by atoms with E-state index in [1.165, 1.54) is 31.4 Å². The first-order valence-electron chi connectivity index (χ1n) is 12.0. The molecule has 0 aliphatic rings. The summed E-state index contributed by atoms with van der Waals surface area (Å²) in [6.45, 7) is 0. The molecule has 0 heterocycles. The fraction of sp³-hybridized carbons (Fsp3) is 0.310. The monoisotopic (exact) mass is 495 g/mol. The van der Waals surface area contributed by atoms with E-state index in [2.05, 4.69) is 0 Å². The van der Waals surface area contributed by atoms with E-state index in [9.17, 15) is 18.4 Å². The van der Waals surface area contributed by atoms with Gasteiger partial charge in [-0.1, -0.05) is 67.8 Å². The van der Waals surface area contributed by atoms with Gasteiger partial charge in [0, 0.05) is 25.5 Å². The van der Waals surface area contributed by atoms with E-state index in [0.29, 0.717) is 35.1 Å². The molecule has 0 saturated carbocycles. The number of amides is 1. The SMILES string of the molecule is COC(c1ccc(C(=O)CCCCCCCC(=O)NO)cc1)(c1cccc(F)c1)c1cccc(F)c1. The lowest BCUT2D eigenvalue weighted by Gasteiger charge is -2.34. The topological polar surface area (TPSA) is 75.6 Å². The van der Waals surface area contributed by atoms with Crippen LogP contribution in [-0.4, -0.2) is 24.0 Å². The van der Waals surface area contributed by atoms with Crippen LogP contribution in [0.15, 0.2) is 72.8 Å². The first kappa shape index (κ1) is 27.2. The smallest absolute Gasteiger partial charge is 0.243 e. The highest BCUT2D eigenvalue weighted by Crippen LogP contribution is 2.40. The standard InChI is InChI=1S/C29H31F2NO4/c1-36-29(23-9-7-11-25(30)19-23,24-10-8-12-26(31)20-24)22-17-15-21(16-18-22)27(33)13-5-3-2-4-6-14-28(34)32-35/h7-12,15-20,35H,2-6,13-14H2,1H3,(H,32,34). The molecule has 0 aliphatic carbocycles. The molecule has 0 aromatic heterocycles.